The van der Waals surface area contributed by atoms with E-state index in [9.17, 15) is 15.0 Å². The largest absolute Gasteiger partial charge is 0.508 e. The second-order valence-corrected chi connectivity index (χ2v) is 4.81. The molecule has 0 aliphatic heterocycles. The number of ether oxygens (including phenoxy) is 2. The van der Waals surface area contributed by atoms with Crippen LogP contribution in [0, 0.1) is 0 Å². The van der Waals surface area contributed by atoms with Crippen molar-refractivity contribution in [3.8, 4) is 17.2 Å². The average molecular weight is 314 g/mol. The summed E-state index contributed by atoms with van der Waals surface area (Å²) >= 11 is 0. The van der Waals surface area contributed by atoms with Crippen LogP contribution in [-0.4, -0.2) is 29.9 Å². The maximum atomic E-state index is 11.7. The molecule has 2 N–H and O–H groups in total. The zero-order valence-corrected chi connectivity index (χ0v) is 12.7. The lowest BCUT2D eigenvalue weighted by Crippen LogP contribution is -2.04. The maximum Gasteiger partial charge on any atom is 0.330 e. The highest BCUT2D eigenvalue weighted by atomic mass is 16.5. The van der Waals surface area contributed by atoms with Gasteiger partial charge in [-0.15, -0.1) is 0 Å². The number of benzene rings is 2. The van der Waals surface area contributed by atoms with Crippen molar-refractivity contribution in [2.45, 2.75) is 6.42 Å². The van der Waals surface area contributed by atoms with Crippen molar-refractivity contribution in [3.63, 3.8) is 0 Å². The first-order valence-electron chi connectivity index (χ1n) is 7.09. The molecule has 0 aliphatic rings. The summed E-state index contributed by atoms with van der Waals surface area (Å²) in [5, 5.41) is 19.1. The van der Waals surface area contributed by atoms with Gasteiger partial charge in [-0.05, 0) is 35.4 Å². The van der Waals surface area contributed by atoms with E-state index in [0.717, 1.165) is 5.56 Å². The summed E-state index contributed by atoms with van der Waals surface area (Å²) in [4.78, 5) is 11.7. The van der Waals surface area contributed by atoms with E-state index in [4.69, 9.17) is 9.47 Å². The molecule has 5 heteroatoms. The zero-order valence-electron chi connectivity index (χ0n) is 12.7. The number of para-hydroxylation sites is 1. The third-order valence-electron chi connectivity index (χ3n) is 3.22. The number of hydrogen-bond acceptors (Lipinski definition) is 5. The summed E-state index contributed by atoms with van der Waals surface area (Å²) in [5.41, 5.74) is 1.44. The molecule has 5 nitrogen and oxygen atoms in total. The van der Waals surface area contributed by atoms with Crippen molar-refractivity contribution in [1.29, 1.82) is 0 Å². The van der Waals surface area contributed by atoms with Crippen molar-refractivity contribution in [2.24, 2.45) is 0 Å². The minimum absolute atomic E-state index is 0.0369. The number of hydrogen-bond donors (Lipinski definition) is 2. The number of phenolic OH excluding ortho intramolecular Hbond substituents is 2. The van der Waals surface area contributed by atoms with E-state index >= 15 is 0 Å². The Bertz CT molecular complexity index is 706. The van der Waals surface area contributed by atoms with Crippen molar-refractivity contribution < 1.29 is 24.5 Å². The number of phenols is 2. The van der Waals surface area contributed by atoms with Gasteiger partial charge >= 0.3 is 5.97 Å². The van der Waals surface area contributed by atoms with Crippen molar-refractivity contribution in [3.05, 3.63) is 59.7 Å². The molecule has 0 aliphatic carbocycles. The third-order valence-corrected chi connectivity index (χ3v) is 3.22. The van der Waals surface area contributed by atoms with E-state index in [1.807, 2.05) is 6.07 Å². The van der Waals surface area contributed by atoms with Crippen LogP contribution in [0.4, 0.5) is 0 Å². The van der Waals surface area contributed by atoms with Gasteiger partial charge in [-0.25, -0.2) is 4.79 Å². The molecule has 0 heterocycles. The van der Waals surface area contributed by atoms with Gasteiger partial charge < -0.3 is 19.7 Å². The summed E-state index contributed by atoms with van der Waals surface area (Å²) in [6, 6.07) is 11.7. The van der Waals surface area contributed by atoms with Crippen molar-refractivity contribution in [1.82, 2.24) is 0 Å². The molecule has 0 saturated heterocycles. The summed E-state index contributed by atoms with van der Waals surface area (Å²) in [5.74, 6) is 0.0812. The van der Waals surface area contributed by atoms with Crippen LogP contribution in [0.25, 0.3) is 6.08 Å². The van der Waals surface area contributed by atoms with Crippen LogP contribution in [-0.2, 0) is 16.0 Å². The highest BCUT2D eigenvalue weighted by Gasteiger charge is 2.03. The van der Waals surface area contributed by atoms with E-state index in [1.54, 1.807) is 36.4 Å². The molecule has 0 aromatic heterocycles. The smallest absolute Gasteiger partial charge is 0.330 e. The Kier molecular flexibility index (Phi) is 5.63. The Labute approximate surface area is 134 Å². The van der Waals surface area contributed by atoms with Gasteiger partial charge in [0.05, 0.1) is 13.7 Å². The van der Waals surface area contributed by atoms with E-state index in [1.165, 1.54) is 19.3 Å². The average Bonchev–Trinajstić information content (AvgIpc) is 2.56. The Morgan fingerprint density at radius 2 is 1.91 bits per heavy atom. The first-order valence-corrected chi connectivity index (χ1v) is 7.09. The summed E-state index contributed by atoms with van der Waals surface area (Å²) < 4.78 is 10.1. The first-order chi connectivity index (χ1) is 11.1. The van der Waals surface area contributed by atoms with Gasteiger partial charge in [0, 0.05) is 12.5 Å². The van der Waals surface area contributed by atoms with Crippen LogP contribution >= 0.6 is 0 Å². The van der Waals surface area contributed by atoms with Crippen LogP contribution in [0.5, 0.6) is 17.2 Å². The molecular weight excluding hydrogens is 296 g/mol. The zero-order chi connectivity index (χ0) is 16.7. The molecule has 0 bridgehead atoms. The Hall–Kier alpha value is -2.95. The van der Waals surface area contributed by atoms with Gasteiger partial charge in [-0.2, -0.15) is 0 Å². The van der Waals surface area contributed by atoms with Gasteiger partial charge in [0.15, 0.2) is 11.5 Å². The predicted octanol–water partition coefficient (Wildman–Crippen LogP) is 2.91. The minimum atomic E-state index is -0.479. The molecule has 0 amide bonds. The molecule has 0 saturated carbocycles. The third kappa shape index (κ3) is 4.78. The van der Waals surface area contributed by atoms with Gasteiger partial charge in [0.1, 0.15) is 5.75 Å². The highest BCUT2D eigenvalue weighted by molar-refractivity contribution is 5.87. The molecule has 2 aromatic rings. The molecule has 0 unspecified atom stereocenters. The SMILES string of the molecule is COc1cc(C=CC(=O)OCCc2ccccc2O)ccc1O. The number of carbonyl (C=O) groups excluding carboxylic acids is 1. The van der Waals surface area contributed by atoms with Crippen LogP contribution in [0.2, 0.25) is 0 Å². The van der Waals surface area contributed by atoms with E-state index in [0.29, 0.717) is 17.7 Å². The number of esters is 1. The van der Waals surface area contributed by atoms with Crippen molar-refractivity contribution >= 4 is 12.0 Å². The molecule has 0 atom stereocenters. The van der Waals surface area contributed by atoms with E-state index in [-0.39, 0.29) is 18.1 Å². The van der Waals surface area contributed by atoms with Gasteiger partial charge in [-0.1, -0.05) is 24.3 Å². The van der Waals surface area contributed by atoms with Crippen LogP contribution in [0.1, 0.15) is 11.1 Å². The first kappa shape index (κ1) is 16.4. The standard InChI is InChI=1S/C18H18O5/c1-22-17-12-13(6-8-16(17)20)7-9-18(21)23-11-10-14-4-2-3-5-15(14)19/h2-9,12,19-20H,10-11H2,1H3. The van der Waals surface area contributed by atoms with Gasteiger partial charge in [0.2, 0.25) is 0 Å². The number of carbonyl (C=O) groups is 1. The lowest BCUT2D eigenvalue weighted by atomic mass is 10.1. The van der Waals surface area contributed by atoms with Crippen LogP contribution in [0.15, 0.2) is 48.5 Å². The second kappa shape index (κ2) is 7.89. The minimum Gasteiger partial charge on any atom is -0.508 e. The summed E-state index contributed by atoms with van der Waals surface area (Å²) in [6.45, 7) is 0.180. The van der Waals surface area contributed by atoms with Crippen LogP contribution in [0.3, 0.4) is 0 Å². The fourth-order valence-electron chi connectivity index (χ4n) is 1.99. The quantitative estimate of drug-likeness (QED) is 0.633. The predicted molar refractivity (Wildman–Crippen MR) is 86.5 cm³/mol. The van der Waals surface area contributed by atoms with E-state index < -0.39 is 5.97 Å². The van der Waals surface area contributed by atoms with Gasteiger partial charge in [0.25, 0.3) is 0 Å². The number of methoxy groups -OCH3 is 1. The Morgan fingerprint density at radius 3 is 2.65 bits per heavy atom. The summed E-state index contributed by atoms with van der Waals surface area (Å²) in [6.07, 6.45) is 3.32. The molecule has 0 radical (unpaired) electrons. The lowest BCUT2D eigenvalue weighted by Gasteiger charge is -2.05. The Morgan fingerprint density at radius 1 is 1.13 bits per heavy atom. The molecular formula is C18H18O5. The molecule has 2 aromatic carbocycles. The van der Waals surface area contributed by atoms with E-state index in [2.05, 4.69) is 0 Å². The number of rotatable bonds is 6. The topological polar surface area (TPSA) is 76.0 Å². The van der Waals surface area contributed by atoms with Gasteiger partial charge in [-0.3, -0.25) is 0 Å². The fourth-order valence-corrected chi connectivity index (χ4v) is 1.99. The maximum absolute atomic E-state index is 11.7. The lowest BCUT2D eigenvalue weighted by molar-refractivity contribution is -0.137. The Balaban J connectivity index is 1.86. The van der Waals surface area contributed by atoms with Crippen molar-refractivity contribution in [2.75, 3.05) is 13.7 Å². The fraction of sp³-hybridized carbons (Fsp3) is 0.167. The molecule has 23 heavy (non-hydrogen) atoms. The molecule has 120 valence electrons. The van der Waals surface area contributed by atoms with Crippen LogP contribution < -0.4 is 4.74 Å². The molecule has 0 spiro atoms. The summed E-state index contributed by atoms with van der Waals surface area (Å²) in [7, 11) is 1.45. The normalized spacial score (nSPS) is 10.7. The number of aromatic hydroxyl groups is 2. The highest BCUT2D eigenvalue weighted by Crippen LogP contribution is 2.26. The second-order valence-electron chi connectivity index (χ2n) is 4.81. The monoisotopic (exact) mass is 314 g/mol. The molecule has 2 rings (SSSR count). The molecule has 0 fully saturated rings.